The molecule has 0 atom stereocenters. The van der Waals surface area contributed by atoms with Crippen LogP contribution < -0.4 is 5.32 Å². The first-order chi connectivity index (χ1) is 14.0. The number of anilines is 1. The summed E-state index contributed by atoms with van der Waals surface area (Å²) < 4.78 is 7.21. The molecule has 158 valence electrons. The quantitative estimate of drug-likeness (QED) is 0.612. The van der Waals surface area contributed by atoms with Crippen LogP contribution in [0.2, 0.25) is 5.02 Å². The van der Waals surface area contributed by atoms with E-state index in [-0.39, 0.29) is 5.91 Å². The van der Waals surface area contributed by atoms with Gasteiger partial charge < -0.3 is 19.7 Å². The largest absolute Gasteiger partial charge is 0.385 e. The van der Waals surface area contributed by atoms with Crippen molar-refractivity contribution in [3.8, 4) is 0 Å². The molecule has 6 heteroatoms. The van der Waals surface area contributed by atoms with Gasteiger partial charge in [-0.3, -0.25) is 4.79 Å². The smallest absolute Gasteiger partial charge is 0.224 e. The van der Waals surface area contributed by atoms with Crippen molar-refractivity contribution in [2.45, 2.75) is 69.9 Å². The normalized spacial score (nSPS) is 19.7. The van der Waals surface area contributed by atoms with Gasteiger partial charge in [0.2, 0.25) is 5.91 Å². The Morgan fingerprint density at radius 3 is 2.69 bits per heavy atom. The van der Waals surface area contributed by atoms with Gasteiger partial charge in [0.15, 0.2) is 0 Å². The first-order valence-electron chi connectivity index (χ1n) is 10.9. The van der Waals surface area contributed by atoms with Crippen LogP contribution in [0.3, 0.4) is 0 Å². The summed E-state index contributed by atoms with van der Waals surface area (Å²) in [4.78, 5) is 12.7. The van der Waals surface area contributed by atoms with Crippen LogP contribution in [0.4, 0.5) is 5.69 Å². The summed E-state index contributed by atoms with van der Waals surface area (Å²) >= 11 is 6.47. The highest BCUT2D eigenvalue weighted by molar-refractivity contribution is 6.36. The Balaban J connectivity index is 1.43. The lowest BCUT2D eigenvalue weighted by atomic mass is 9.95. The van der Waals surface area contributed by atoms with Crippen LogP contribution in [0.1, 0.15) is 57.8 Å². The number of ether oxygens (including phenoxy) is 1. The maximum absolute atomic E-state index is 12.7. The molecular formula is C23H31ClN2O3. The van der Waals surface area contributed by atoms with E-state index in [1.54, 1.807) is 0 Å². The van der Waals surface area contributed by atoms with Crippen LogP contribution in [0.5, 0.6) is 0 Å². The van der Waals surface area contributed by atoms with Crippen LogP contribution in [0.25, 0.3) is 10.9 Å². The summed E-state index contributed by atoms with van der Waals surface area (Å²) in [6.07, 6.45) is 11.9. The number of hydrogen-bond donors (Lipinski definition) is 2. The number of rotatable bonds is 7. The Kier molecular flexibility index (Phi) is 6.47. The Morgan fingerprint density at radius 2 is 2.00 bits per heavy atom. The van der Waals surface area contributed by atoms with Crippen molar-refractivity contribution in [1.82, 2.24) is 4.57 Å². The fraction of sp³-hybridized carbons (Fsp3) is 0.609. The van der Waals surface area contributed by atoms with Crippen molar-refractivity contribution in [3.05, 3.63) is 29.4 Å². The van der Waals surface area contributed by atoms with E-state index in [1.807, 2.05) is 24.4 Å². The average Bonchev–Trinajstić information content (AvgIpc) is 2.85. The highest BCUT2D eigenvalue weighted by atomic mass is 35.5. The molecule has 1 saturated heterocycles. The molecule has 1 amide bonds. The fourth-order valence-electron chi connectivity index (χ4n) is 4.60. The number of amides is 1. The molecule has 1 aliphatic heterocycles. The molecule has 1 aliphatic carbocycles. The van der Waals surface area contributed by atoms with Gasteiger partial charge in [0.25, 0.3) is 0 Å². The number of benzene rings is 1. The average molecular weight is 419 g/mol. The van der Waals surface area contributed by atoms with Crippen molar-refractivity contribution < 1.29 is 14.6 Å². The van der Waals surface area contributed by atoms with Crippen molar-refractivity contribution >= 4 is 34.1 Å². The first kappa shape index (κ1) is 20.7. The third-order valence-electron chi connectivity index (χ3n) is 6.44. The minimum atomic E-state index is -0.739. The van der Waals surface area contributed by atoms with Crippen LogP contribution in [0.15, 0.2) is 24.4 Å². The summed E-state index contributed by atoms with van der Waals surface area (Å²) in [6.45, 7) is 1.42. The molecule has 0 radical (unpaired) electrons. The molecule has 2 aromatic rings. The number of nitrogens with one attached hydrogen (secondary N) is 1. The number of aryl methyl sites for hydroxylation is 1. The molecule has 2 aliphatic rings. The number of carbonyl (C=O) groups excluding carboxylic acids is 1. The maximum Gasteiger partial charge on any atom is 0.224 e. The molecule has 1 aromatic carbocycles. The standard InChI is InChI=1S/C23H31ClN2O3/c24-18-8-5-9-20-22(18)19(14-26(20)13-12-23(28)15-29-16-23)25-21(27)11-10-17-6-3-1-2-4-7-17/h5,8-9,14,17,28H,1-4,6-7,10-13,15-16H2,(H,25,27). The fourth-order valence-corrected chi connectivity index (χ4v) is 4.87. The second-order valence-corrected chi connectivity index (χ2v) is 9.19. The molecule has 2 heterocycles. The Hall–Kier alpha value is -1.56. The molecule has 4 rings (SSSR count). The summed E-state index contributed by atoms with van der Waals surface area (Å²) in [5.74, 6) is 0.734. The van der Waals surface area contributed by atoms with Crippen LogP contribution >= 0.6 is 11.6 Å². The van der Waals surface area contributed by atoms with Crippen molar-refractivity contribution in [3.63, 3.8) is 0 Å². The highest BCUT2D eigenvalue weighted by Crippen LogP contribution is 2.34. The van der Waals surface area contributed by atoms with E-state index >= 15 is 0 Å². The Labute approximate surface area is 177 Å². The second kappa shape index (κ2) is 9.07. The third kappa shape index (κ3) is 4.96. The van der Waals surface area contributed by atoms with Crippen molar-refractivity contribution in [2.24, 2.45) is 5.92 Å². The summed E-state index contributed by atoms with van der Waals surface area (Å²) in [5.41, 5.74) is 0.992. The van der Waals surface area contributed by atoms with Gasteiger partial charge in [0.05, 0.1) is 29.4 Å². The first-order valence-corrected chi connectivity index (χ1v) is 11.3. The molecule has 29 heavy (non-hydrogen) atoms. The molecule has 0 unspecified atom stereocenters. The van der Waals surface area contributed by atoms with Crippen LogP contribution in [-0.4, -0.2) is 34.4 Å². The molecule has 2 fully saturated rings. The second-order valence-electron chi connectivity index (χ2n) is 8.78. The number of aliphatic hydroxyl groups is 1. The zero-order valence-electron chi connectivity index (χ0n) is 17.0. The van der Waals surface area contributed by atoms with E-state index in [4.69, 9.17) is 16.3 Å². The zero-order chi connectivity index (χ0) is 20.3. The van der Waals surface area contributed by atoms with Gasteiger partial charge >= 0.3 is 0 Å². The Bertz CT molecular complexity index is 851. The number of hydrogen-bond acceptors (Lipinski definition) is 3. The van der Waals surface area contributed by atoms with E-state index in [9.17, 15) is 9.90 Å². The van der Waals surface area contributed by atoms with Crippen molar-refractivity contribution in [1.29, 1.82) is 0 Å². The summed E-state index contributed by atoms with van der Waals surface area (Å²) in [7, 11) is 0. The van der Waals surface area contributed by atoms with E-state index in [2.05, 4.69) is 9.88 Å². The van der Waals surface area contributed by atoms with Gasteiger partial charge in [-0.1, -0.05) is 56.2 Å². The van der Waals surface area contributed by atoms with Gasteiger partial charge in [0, 0.05) is 24.5 Å². The summed E-state index contributed by atoms with van der Waals surface area (Å²) in [6, 6.07) is 5.77. The molecule has 5 nitrogen and oxygen atoms in total. The molecule has 1 saturated carbocycles. The third-order valence-corrected chi connectivity index (χ3v) is 6.76. The molecule has 0 bridgehead atoms. The topological polar surface area (TPSA) is 63.5 Å². The Morgan fingerprint density at radius 1 is 1.24 bits per heavy atom. The monoisotopic (exact) mass is 418 g/mol. The zero-order valence-corrected chi connectivity index (χ0v) is 17.7. The van der Waals surface area contributed by atoms with Gasteiger partial charge in [-0.15, -0.1) is 0 Å². The molecule has 1 aromatic heterocycles. The number of carbonyl (C=O) groups is 1. The molecule has 0 spiro atoms. The number of halogens is 1. The van der Waals surface area contributed by atoms with E-state index < -0.39 is 5.60 Å². The highest BCUT2D eigenvalue weighted by Gasteiger charge is 2.35. The van der Waals surface area contributed by atoms with Crippen LogP contribution in [0, 0.1) is 5.92 Å². The van der Waals surface area contributed by atoms with Crippen molar-refractivity contribution in [2.75, 3.05) is 18.5 Å². The lowest BCUT2D eigenvalue weighted by Crippen LogP contribution is -2.50. The SMILES string of the molecule is O=C(CCC1CCCCCC1)Nc1cn(CCC2(O)COC2)c2cccc(Cl)c12. The number of aromatic nitrogens is 1. The van der Waals surface area contributed by atoms with E-state index in [0.29, 0.717) is 43.5 Å². The van der Waals surface area contributed by atoms with Gasteiger partial charge in [-0.25, -0.2) is 0 Å². The lowest BCUT2D eigenvalue weighted by Gasteiger charge is -2.36. The van der Waals surface area contributed by atoms with E-state index in [1.165, 1.54) is 38.5 Å². The number of fused-ring (bicyclic) bond motifs is 1. The van der Waals surface area contributed by atoms with Gasteiger partial charge in [-0.2, -0.15) is 0 Å². The minimum absolute atomic E-state index is 0.0549. The predicted molar refractivity (Wildman–Crippen MR) is 116 cm³/mol. The summed E-state index contributed by atoms with van der Waals surface area (Å²) in [5, 5.41) is 14.9. The maximum atomic E-state index is 12.7. The molecule has 2 N–H and O–H groups in total. The predicted octanol–water partition coefficient (Wildman–Crippen LogP) is 5.14. The lowest BCUT2D eigenvalue weighted by molar-refractivity contribution is -0.182. The molecular weight excluding hydrogens is 388 g/mol. The minimum Gasteiger partial charge on any atom is -0.385 e. The number of nitrogens with zero attached hydrogens (tertiary/aromatic N) is 1. The van der Waals surface area contributed by atoms with Gasteiger partial charge in [0.1, 0.15) is 5.60 Å². The van der Waals surface area contributed by atoms with E-state index in [0.717, 1.165) is 23.0 Å². The van der Waals surface area contributed by atoms with Crippen LogP contribution in [-0.2, 0) is 16.1 Å². The van der Waals surface area contributed by atoms with Gasteiger partial charge in [-0.05, 0) is 30.9 Å².